The summed E-state index contributed by atoms with van der Waals surface area (Å²) < 4.78 is 0. The molecule has 1 aliphatic rings. The van der Waals surface area contributed by atoms with E-state index in [1.807, 2.05) is 12.3 Å². The van der Waals surface area contributed by atoms with Crippen molar-refractivity contribution >= 4 is 0 Å². The van der Waals surface area contributed by atoms with Crippen LogP contribution in [0.15, 0.2) is 24.5 Å². The van der Waals surface area contributed by atoms with Gasteiger partial charge in [0.05, 0.1) is 12.6 Å². The van der Waals surface area contributed by atoms with Crippen molar-refractivity contribution in [2.45, 2.75) is 18.9 Å². The first-order valence-corrected chi connectivity index (χ1v) is 4.93. The van der Waals surface area contributed by atoms with Crippen LogP contribution in [0.5, 0.6) is 0 Å². The molecule has 1 unspecified atom stereocenters. The molecule has 0 aromatic carbocycles. The third-order valence-corrected chi connectivity index (χ3v) is 2.71. The van der Waals surface area contributed by atoms with Crippen molar-refractivity contribution in [3.8, 4) is 6.07 Å². The third-order valence-electron chi connectivity index (χ3n) is 2.71. The Kier molecular flexibility index (Phi) is 2.76. The van der Waals surface area contributed by atoms with Gasteiger partial charge in [0.15, 0.2) is 0 Å². The van der Waals surface area contributed by atoms with Crippen LogP contribution in [0, 0.1) is 11.3 Å². The van der Waals surface area contributed by atoms with Crippen LogP contribution in [0.3, 0.4) is 0 Å². The average molecular weight is 187 g/mol. The number of hydrogen-bond donors (Lipinski definition) is 0. The molecule has 1 fully saturated rings. The predicted octanol–water partition coefficient (Wildman–Crippen LogP) is 1.74. The molecule has 0 N–H and O–H groups in total. The monoisotopic (exact) mass is 187 g/mol. The van der Waals surface area contributed by atoms with E-state index < -0.39 is 0 Å². The quantitative estimate of drug-likeness (QED) is 0.662. The van der Waals surface area contributed by atoms with Gasteiger partial charge >= 0.3 is 0 Å². The van der Waals surface area contributed by atoms with Crippen molar-refractivity contribution in [1.29, 1.82) is 5.26 Å². The molecular formula is C11H13N3. The molecule has 0 aliphatic carbocycles. The van der Waals surface area contributed by atoms with Gasteiger partial charge in [0.2, 0.25) is 0 Å². The van der Waals surface area contributed by atoms with E-state index in [0.29, 0.717) is 12.6 Å². The van der Waals surface area contributed by atoms with Gasteiger partial charge in [0.25, 0.3) is 0 Å². The highest BCUT2D eigenvalue weighted by atomic mass is 15.2. The second kappa shape index (κ2) is 4.21. The number of rotatable bonds is 2. The summed E-state index contributed by atoms with van der Waals surface area (Å²) in [5.74, 6) is 0. The molecule has 72 valence electrons. The zero-order valence-electron chi connectivity index (χ0n) is 8.06. The van der Waals surface area contributed by atoms with Gasteiger partial charge in [-0.05, 0) is 31.0 Å². The highest BCUT2D eigenvalue weighted by Gasteiger charge is 2.25. The summed E-state index contributed by atoms with van der Waals surface area (Å²) in [5, 5.41) is 8.68. The largest absolute Gasteiger partial charge is 0.283 e. The van der Waals surface area contributed by atoms with Crippen molar-refractivity contribution in [2.24, 2.45) is 0 Å². The van der Waals surface area contributed by atoms with E-state index in [-0.39, 0.29) is 0 Å². The molecule has 2 rings (SSSR count). The Morgan fingerprint density at radius 1 is 1.64 bits per heavy atom. The molecule has 14 heavy (non-hydrogen) atoms. The summed E-state index contributed by atoms with van der Waals surface area (Å²) in [6, 6.07) is 6.67. The maximum atomic E-state index is 8.68. The third kappa shape index (κ3) is 1.75. The highest BCUT2D eigenvalue weighted by molar-refractivity contribution is 5.15. The van der Waals surface area contributed by atoms with Crippen LogP contribution in [0.25, 0.3) is 0 Å². The SMILES string of the molecule is N#CCN1CCCC1c1cccnc1. The molecule has 1 aliphatic heterocycles. The van der Waals surface area contributed by atoms with Crippen LogP contribution in [0.1, 0.15) is 24.4 Å². The van der Waals surface area contributed by atoms with Gasteiger partial charge in [0, 0.05) is 18.4 Å². The van der Waals surface area contributed by atoms with Gasteiger partial charge < -0.3 is 0 Å². The lowest BCUT2D eigenvalue weighted by molar-refractivity contribution is 0.288. The van der Waals surface area contributed by atoms with E-state index >= 15 is 0 Å². The van der Waals surface area contributed by atoms with Crippen LogP contribution in [0.2, 0.25) is 0 Å². The Bertz CT molecular complexity index is 328. The van der Waals surface area contributed by atoms with Crippen molar-refractivity contribution in [1.82, 2.24) is 9.88 Å². The molecule has 0 radical (unpaired) electrons. The Morgan fingerprint density at radius 2 is 2.57 bits per heavy atom. The second-order valence-electron chi connectivity index (χ2n) is 3.57. The van der Waals surface area contributed by atoms with Gasteiger partial charge in [-0.3, -0.25) is 9.88 Å². The number of nitrogens with zero attached hydrogens (tertiary/aromatic N) is 3. The van der Waals surface area contributed by atoms with E-state index in [0.717, 1.165) is 13.0 Å². The van der Waals surface area contributed by atoms with Crippen LogP contribution in [-0.4, -0.2) is 23.0 Å². The van der Waals surface area contributed by atoms with Crippen LogP contribution in [-0.2, 0) is 0 Å². The van der Waals surface area contributed by atoms with Gasteiger partial charge in [-0.1, -0.05) is 6.07 Å². The summed E-state index contributed by atoms with van der Waals surface area (Å²) >= 11 is 0. The summed E-state index contributed by atoms with van der Waals surface area (Å²) in [6.45, 7) is 1.56. The molecule has 0 spiro atoms. The molecule has 1 atom stereocenters. The smallest absolute Gasteiger partial charge is 0.0871 e. The first kappa shape index (κ1) is 9.17. The Balaban J connectivity index is 2.14. The average Bonchev–Trinajstić information content (AvgIpc) is 2.68. The number of aromatic nitrogens is 1. The van der Waals surface area contributed by atoms with Crippen molar-refractivity contribution in [3.05, 3.63) is 30.1 Å². The minimum Gasteiger partial charge on any atom is -0.283 e. The van der Waals surface area contributed by atoms with Crippen molar-refractivity contribution < 1.29 is 0 Å². The standard InChI is InChI=1S/C11H13N3/c12-5-8-14-7-2-4-11(14)10-3-1-6-13-9-10/h1,3,6,9,11H,2,4,7-8H2. The fraction of sp³-hybridized carbons (Fsp3) is 0.455. The summed E-state index contributed by atoms with van der Waals surface area (Å²) in [7, 11) is 0. The summed E-state index contributed by atoms with van der Waals surface area (Å²) in [5.41, 5.74) is 1.24. The van der Waals surface area contributed by atoms with Crippen molar-refractivity contribution in [2.75, 3.05) is 13.1 Å². The molecule has 0 bridgehead atoms. The lowest BCUT2D eigenvalue weighted by Gasteiger charge is -2.21. The highest BCUT2D eigenvalue weighted by Crippen LogP contribution is 2.30. The normalized spacial score (nSPS) is 22.1. The lowest BCUT2D eigenvalue weighted by Crippen LogP contribution is -2.23. The van der Waals surface area contributed by atoms with E-state index in [2.05, 4.69) is 22.0 Å². The maximum Gasteiger partial charge on any atom is 0.0871 e. The van der Waals surface area contributed by atoms with Crippen molar-refractivity contribution in [3.63, 3.8) is 0 Å². The fourth-order valence-electron chi connectivity index (χ4n) is 2.06. The van der Waals surface area contributed by atoms with E-state index in [1.165, 1.54) is 12.0 Å². The number of nitriles is 1. The van der Waals surface area contributed by atoms with Crippen LogP contribution in [0.4, 0.5) is 0 Å². The van der Waals surface area contributed by atoms with Crippen LogP contribution >= 0.6 is 0 Å². The molecule has 1 aromatic rings. The molecular weight excluding hydrogens is 174 g/mol. The van der Waals surface area contributed by atoms with Crippen LogP contribution < -0.4 is 0 Å². The van der Waals surface area contributed by atoms with Gasteiger partial charge in [-0.15, -0.1) is 0 Å². The first-order valence-electron chi connectivity index (χ1n) is 4.93. The minimum atomic E-state index is 0.406. The minimum absolute atomic E-state index is 0.406. The molecule has 0 saturated carbocycles. The number of pyridine rings is 1. The van der Waals surface area contributed by atoms with E-state index in [1.54, 1.807) is 6.20 Å². The van der Waals surface area contributed by atoms with E-state index in [4.69, 9.17) is 5.26 Å². The number of hydrogen-bond acceptors (Lipinski definition) is 3. The van der Waals surface area contributed by atoms with Gasteiger partial charge in [0.1, 0.15) is 0 Å². The Hall–Kier alpha value is -1.40. The Morgan fingerprint density at radius 3 is 3.29 bits per heavy atom. The topological polar surface area (TPSA) is 39.9 Å². The summed E-state index contributed by atoms with van der Waals surface area (Å²) in [6.07, 6.45) is 6.02. The van der Waals surface area contributed by atoms with Gasteiger partial charge in [-0.2, -0.15) is 5.26 Å². The maximum absolute atomic E-state index is 8.68. The second-order valence-corrected chi connectivity index (χ2v) is 3.57. The summed E-state index contributed by atoms with van der Waals surface area (Å²) in [4.78, 5) is 6.33. The first-order chi connectivity index (χ1) is 6.92. The number of likely N-dealkylation sites (tertiary alicyclic amines) is 1. The van der Waals surface area contributed by atoms with E-state index in [9.17, 15) is 0 Å². The zero-order chi connectivity index (χ0) is 9.80. The zero-order valence-corrected chi connectivity index (χ0v) is 8.06. The molecule has 3 nitrogen and oxygen atoms in total. The molecule has 1 aromatic heterocycles. The molecule has 3 heteroatoms. The molecule has 0 amide bonds. The molecule has 1 saturated heterocycles. The van der Waals surface area contributed by atoms with Gasteiger partial charge in [-0.25, -0.2) is 0 Å². The lowest BCUT2D eigenvalue weighted by atomic mass is 10.1. The predicted molar refractivity (Wildman–Crippen MR) is 53.4 cm³/mol. The molecule has 2 heterocycles. The fourth-order valence-corrected chi connectivity index (χ4v) is 2.06. The Labute approximate surface area is 84.0 Å².